The summed E-state index contributed by atoms with van der Waals surface area (Å²) in [6.45, 7) is 9.25. The molecule has 0 spiro atoms. The largest absolute Gasteiger partial charge is 0.457 e. The highest BCUT2D eigenvalue weighted by molar-refractivity contribution is 5.87. The van der Waals surface area contributed by atoms with Crippen molar-refractivity contribution in [1.82, 2.24) is 0 Å². The lowest BCUT2D eigenvalue weighted by atomic mass is 9.54. The Balaban J connectivity index is 1.97. The van der Waals surface area contributed by atoms with E-state index in [0.29, 0.717) is 5.57 Å². The molecule has 1 saturated carbocycles. The second-order valence-electron chi connectivity index (χ2n) is 6.15. The Morgan fingerprint density at radius 3 is 2.84 bits per heavy atom. The lowest BCUT2D eigenvalue weighted by molar-refractivity contribution is -0.167. The van der Waals surface area contributed by atoms with Crippen LogP contribution < -0.4 is 0 Å². The van der Waals surface area contributed by atoms with Crippen LogP contribution in [0.3, 0.4) is 0 Å². The fourth-order valence-electron chi connectivity index (χ4n) is 3.85. The Kier molecular flexibility index (Phi) is 2.43. The van der Waals surface area contributed by atoms with Gasteiger partial charge in [0, 0.05) is 16.9 Å². The van der Waals surface area contributed by atoms with E-state index in [1.54, 1.807) is 6.92 Å². The summed E-state index contributed by atoms with van der Waals surface area (Å²) in [6.07, 6.45) is 3.37. The fourth-order valence-corrected chi connectivity index (χ4v) is 3.85. The minimum atomic E-state index is -0.416. The topological polar surface area (TPSA) is 52.6 Å². The monoisotopic (exact) mass is 262 g/mol. The van der Waals surface area contributed by atoms with E-state index < -0.39 is 12.1 Å². The molecule has 102 valence electrons. The number of hydrogen-bond acceptors (Lipinski definition) is 4. The number of rotatable bonds is 2. The first-order valence-corrected chi connectivity index (χ1v) is 6.62. The first-order chi connectivity index (χ1) is 8.86. The van der Waals surface area contributed by atoms with Crippen molar-refractivity contribution in [2.24, 2.45) is 23.2 Å². The van der Waals surface area contributed by atoms with Crippen LogP contribution in [0.2, 0.25) is 0 Å². The van der Waals surface area contributed by atoms with Gasteiger partial charge in [0.2, 0.25) is 0 Å². The van der Waals surface area contributed by atoms with E-state index in [9.17, 15) is 9.59 Å². The first-order valence-electron chi connectivity index (χ1n) is 6.62. The van der Waals surface area contributed by atoms with Gasteiger partial charge in [0.05, 0.1) is 5.92 Å². The van der Waals surface area contributed by atoms with Crippen molar-refractivity contribution in [3.05, 3.63) is 24.3 Å². The third-order valence-electron chi connectivity index (χ3n) is 4.86. The first kappa shape index (κ1) is 12.5. The van der Waals surface area contributed by atoms with E-state index in [2.05, 4.69) is 18.7 Å². The summed E-state index contributed by atoms with van der Waals surface area (Å²) in [5.41, 5.74) is 0.00903. The molecule has 0 amide bonds. The number of esters is 2. The Labute approximate surface area is 112 Å². The molecule has 1 unspecified atom stereocenters. The van der Waals surface area contributed by atoms with Crippen LogP contribution in [0.4, 0.5) is 0 Å². The van der Waals surface area contributed by atoms with Crippen molar-refractivity contribution < 1.29 is 19.1 Å². The molecule has 0 radical (unpaired) electrons. The quantitative estimate of drug-likeness (QED) is 0.433. The predicted molar refractivity (Wildman–Crippen MR) is 68.0 cm³/mol. The van der Waals surface area contributed by atoms with Crippen LogP contribution in [0.5, 0.6) is 0 Å². The smallest absolute Gasteiger partial charge is 0.333 e. The molecule has 1 saturated heterocycles. The average molecular weight is 262 g/mol. The molecule has 0 N–H and O–H groups in total. The molecule has 1 heterocycles. The van der Waals surface area contributed by atoms with Crippen LogP contribution in [0.1, 0.15) is 20.8 Å². The summed E-state index contributed by atoms with van der Waals surface area (Å²) < 4.78 is 11.0. The fraction of sp³-hybridized carbons (Fsp3) is 0.600. The summed E-state index contributed by atoms with van der Waals surface area (Å²) >= 11 is 0. The van der Waals surface area contributed by atoms with E-state index in [-0.39, 0.29) is 35.2 Å². The molecular formula is C15H18O4. The molecule has 4 rings (SSSR count). The summed E-state index contributed by atoms with van der Waals surface area (Å²) in [6, 6.07) is 0. The molecule has 4 heteroatoms. The van der Waals surface area contributed by atoms with Gasteiger partial charge >= 0.3 is 11.9 Å². The van der Waals surface area contributed by atoms with Gasteiger partial charge < -0.3 is 9.47 Å². The molecule has 1 aliphatic heterocycles. The van der Waals surface area contributed by atoms with E-state index in [1.807, 2.05) is 13.8 Å². The maximum absolute atomic E-state index is 12.0. The number of carbonyl (C=O) groups excluding carboxylic acids is 2. The third kappa shape index (κ3) is 1.46. The molecular weight excluding hydrogens is 244 g/mol. The Morgan fingerprint density at radius 1 is 1.53 bits per heavy atom. The van der Waals surface area contributed by atoms with Crippen molar-refractivity contribution in [1.29, 1.82) is 0 Å². The van der Waals surface area contributed by atoms with Gasteiger partial charge in [-0.3, -0.25) is 4.79 Å². The number of hydrogen-bond donors (Lipinski definition) is 0. The SMILES string of the molecule is C=C(C)C(=O)O[C@H]1[C@H]2OC(=O)[C@H]3C(C)[C@@H]1C=C[C@]23C. The highest BCUT2D eigenvalue weighted by atomic mass is 16.6. The molecule has 4 aliphatic rings. The van der Waals surface area contributed by atoms with E-state index in [0.717, 1.165) is 0 Å². The Bertz CT molecular complexity index is 506. The molecule has 6 atom stereocenters. The second-order valence-corrected chi connectivity index (χ2v) is 6.15. The van der Waals surface area contributed by atoms with Gasteiger partial charge in [-0.2, -0.15) is 0 Å². The highest BCUT2D eigenvalue weighted by Crippen LogP contribution is 2.58. The zero-order valence-electron chi connectivity index (χ0n) is 11.4. The molecule has 4 nitrogen and oxygen atoms in total. The lowest BCUT2D eigenvalue weighted by Gasteiger charge is -2.49. The van der Waals surface area contributed by atoms with Crippen LogP contribution in [0, 0.1) is 23.2 Å². The van der Waals surface area contributed by atoms with Crippen molar-refractivity contribution >= 4 is 11.9 Å². The Morgan fingerprint density at radius 2 is 2.21 bits per heavy atom. The van der Waals surface area contributed by atoms with E-state index in [4.69, 9.17) is 9.47 Å². The summed E-state index contributed by atoms with van der Waals surface area (Å²) in [5.74, 6) is -0.521. The predicted octanol–water partition coefficient (Wildman–Crippen LogP) is 1.86. The Hall–Kier alpha value is -1.58. The molecule has 4 bridgehead atoms. The van der Waals surface area contributed by atoms with Crippen molar-refractivity contribution in [3.63, 3.8) is 0 Å². The number of ether oxygens (including phenoxy) is 2. The molecule has 19 heavy (non-hydrogen) atoms. The lowest BCUT2D eigenvalue weighted by Crippen LogP contribution is -2.57. The van der Waals surface area contributed by atoms with Gasteiger partial charge in [-0.25, -0.2) is 4.79 Å². The van der Waals surface area contributed by atoms with Gasteiger partial charge in [0.15, 0.2) is 0 Å². The average Bonchev–Trinajstić information content (AvgIpc) is 2.55. The van der Waals surface area contributed by atoms with Crippen LogP contribution in [0.25, 0.3) is 0 Å². The zero-order valence-corrected chi connectivity index (χ0v) is 11.4. The van der Waals surface area contributed by atoms with Gasteiger partial charge in [0.25, 0.3) is 0 Å². The van der Waals surface area contributed by atoms with E-state index in [1.165, 1.54) is 0 Å². The van der Waals surface area contributed by atoms with Crippen molar-refractivity contribution in [2.45, 2.75) is 33.0 Å². The van der Waals surface area contributed by atoms with Crippen molar-refractivity contribution in [3.8, 4) is 0 Å². The summed E-state index contributed by atoms with van der Waals surface area (Å²) in [5, 5.41) is 0. The summed E-state index contributed by atoms with van der Waals surface area (Å²) in [7, 11) is 0. The van der Waals surface area contributed by atoms with Crippen LogP contribution in [0.15, 0.2) is 24.3 Å². The van der Waals surface area contributed by atoms with Gasteiger partial charge in [0.1, 0.15) is 12.2 Å². The van der Waals surface area contributed by atoms with Crippen LogP contribution in [-0.2, 0) is 19.1 Å². The molecule has 3 aliphatic carbocycles. The minimum Gasteiger partial charge on any atom is -0.457 e. The van der Waals surface area contributed by atoms with Gasteiger partial charge in [-0.05, 0) is 12.8 Å². The normalized spacial score (nSPS) is 46.1. The molecule has 0 aromatic heterocycles. The standard InChI is InChI=1S/C15H18O4/c1-7(2)13(16)18-11-9-5-6-15(4)10(8(9)3)14(17)19-12(11)15/h5-6,8-12H,1H2,2-4H3/t8?,9-,10+,11+,12+,15-/m0/s1. The van der Waals surface area contributed by atoms with Crippen LogP contribution in [-0.4, -0.2) is 24.1 Å². The zero-order chi connectivity index (χ0) is 13.9. The van der Waals surface area contributed by atoms with Gasteiger partial charge in [-0.15, -0.1) is 0 Å². The molecule has 0 aromatic rings. The van der Waals surface area contributed by atoms with Crippen LogP contribution >= 0.6 is 0 Å². The minimum absolute atomic E-state index is 0.0478. The summed E-state index contributed by atoms with van der Waals surface area (Å²) in [4.78, 5) is 23.8. The third-order valence-corrected chi connectivity index (χ3v) is 4.86. The highest BCUT2D eigenvalue weighted by Gasteiger charge is 2.67. The van der Waals surface area contributed by atoms with Gasteiger partial charge in [-0.1, -0.05) is 32.6 Å². The maximum atomic E-state index is 12.0. The van der Waals surface area contributed by atoms with Crippen molar-refractivity contribution in [2.75, 3.05) is 0 Å². The number of carbonyl (C=O) groups is 2. The molecule has 0 aromatic carbocycles. The van der Waals surface area contributed by atoms with E-state index >= 15 is 0 Å². The maximum Gasteiger partial charge on any atom is 0.333 e. The second kappa shape index (κ2) is 3.71. The molecule has 2 fully saturated rings.